The Kier molecular flexibility index (Phi) is 7.80. The Labute approximate surface area is 116 Å². The molecule has 3 N–H and O–H groups in total. The summed E-state index contributed by atoms with van der Waals surface area (Å²) in [5.74, 6) is 1.58. The van der Waals surface area contributed by atoms with Crippen LogP contribution >= 0.6 is 0 Å². The molecule has 0 aliphatic carbocycles. The van der Waals surface area contributed by atoms with Crippen LogP contribution in [0.15, 0.2) is 15.9 Å². The number of nitrogen functional groups attached to an aromatic ring is 1. The van der Waals surface area contributed by atoms with Crippen LogP contribution in [0.4, 0.5) is 11.5 Å². The Morgan fingerprint density at radius 2 is 1.89 bits per heavy atom. The van der Waals surface area contributed by atoms with Crippen molar-refractivity contribution in [2.75, 3.05) is 5.73 Å². The monoisotopic (exact) mass is 265 g/mol. The van der Waals surface area contributed by atoms with Crippen molar-refractivity contribution in [2.24, 2.45) is 16.8 Å². The summed E-state index contributed by atoms with van der Waals surface area (Å²) in [4.78, 5) is 18.2. The third kappa shape index (κ3) is 7.44. The van der Waals surface area contributed by atoms with Gasteiger partial charge < -0.3 is 10.7 Å². The molecule has 0 aromatic carbocycles. The molecule has 0 saturated carbocycles. The summed E-state index contributed by atoms with van der Waals surface area (Å²) >= 11 is 0. The van der Waals surface area contributed by atoms with Crippen LogP contribution in [0.25, 0.3) is 0 Å². The van der Waals surface area contributed by atoms with Gasteiger partial charge in [0.15, 0.2) is 0 Å². The lowest BCUT2D eigenvalue weighted by molar-refractivity contribution is 0.737. The van der Waals surface area contributed by atoms with E-state index in [9.17, 15) is 4.79 Å². The zero-order valence-electron chi connectivity index (χ0n) is 12.9. The molecule has 0 saturated heterocycles. The molecule has 1 aromatic heterocycles. The summed E-state index contributed by atoms with van der Waals surface area (Å²) in [6.07, 6.45) is 2.81. The molecular formula is C15H27N3O. The average molecular weight is 265 g/mol. The standard InChI is InChI=1S/C11H17N3O.C4H10/c1-4-7(2)6-13-10-8(3)5-9(12)14-11(10)15;1-4(2)3/h5-7H,4H2,1-3H3,(H3,12,14,15);4H,1-3H3. The predicted octanol–water partition coefficient (Wildman–Crippen LogP) is 3.68. The second kappa shape index (κ2) is 8.51. The van der Waals surface area contributed by atoms with E-state index in [0.717, 1.165) is 17.9 Å². The van der Waals surface area contributed by atoms with E-state index in [-0.39, 0.29) is 5.56 Å². The maximum Gasteiger partial charge on any atom is 0.275 e. The highest BCUT2D eigenvalue weighted by Crippen LogP contribution is 2.13. The summed E-state index contributed by atoms with van der Waals surface area (Å²) in [6, 6.07) is 1.71. The number of nitrogens with zero attached hydrogens (tertiary/aromatic N) is 1. The van der Waals surface area contributed by atoms with Gasteiger partial charge in [-0.25, -0.2) is 0 Å². The molecule has 0 radical (unpaired) electrons. The zero-order chi connectivity index (χ0) is 15.0. The first kappa shape index (κ1) is 17.4. The smallest absolute Gasteiger partial charge is 0.275 e. The Morgan fingerprint density at radius 1 is 1.37 bits per heavy atom. The lowest BCUT2D eigenvalue weighted by Crippen LogP contribution is -2.10. The molecule has 0 spiro atoms. The van der Waals surface area contributed by atoms with Gasteiger partial charge in [0, 0.05) is 6.21 Å². The lowest BCUT2D eigenvalue weighted by atomic mass is 10.1. The largest absolute Gasteiger partial charge is 0.385 e. The summed E-state index contributed by atoms with van der Waals surface area (Å²) in [7, 11) is 0. The highest BCUT2D eigenvalue weighted by molar-refractivity contribution is 5.66. The molecule has 0 bridgehead atoms. The second-order valence-corrected chi connectivity index (χ2v) is 5.48. The molecular weight excluding hydrogens is 238 g/mol. The van der Waals surface area contributed by atoms with E-state index in [2.05, 4.69) is 44.6 Å². The summed E-state index contributed by atoms with van der Waals surface area (Å²) in [5.41, 5.74) is 6.52. The molecule has 0 fully saturated rings. The van der Waals surface area contributed by atoms with Gasteiger partial charge in [-0.3, -0.25) is 9.79 Å². The summed E-state index contributed by atoms with van der Waals surface area (Å²) in [5, 5.41) is 0. The van der Waals surface area contributed by atoms with Crippen molar-refractivity contribution in [3.8, 4) is 0 Å². The number of nitrogens with two attached hydrogens (primary N) is 1. The van der Waals surface area contributed by atoms with Gasteiger partial charge in [0.2, 0.25) is 0 Å². The topological polar surface area (TPSA) is 71.2 Å². The van der Waals surface area contributed by atoms with Gasteiger partial charge in [0.05, 0.1) is 0 Å². The van der Waals surface area contributed by atoms with Crippen molar-refractivity contribution in [2.45, 2.75) is 48.0 Å². The molecule has 1 atom stereocenters. The van der Waals surface area contributed by atoms with Crippen LogP contribution < -0.4 is 11.3 Å². The number of pyridine rings is 1. The van der Waals surface area contributed by atoms with Crippen LogP contribution in [0.1, 0.15) is 46.6 Å². The highest BCUT2D eigenvalue weighted by atomic mass is 16.1. The highest BCUT2D eigenvalue weighted by Gasteiger charge is 2.03. The van der Waals surface area contributed by atoms with E-state index in [1.807, 2.05) is 6.92 Å². The summed E-state index contributed by atoms with van der Waals surface area (Å²) in [6.45, 7) is 12.5. The van der Waals surface area contributed by atoms with E-state index in [1.54, 1.807) is 12.3 Å². The second-order valence-electron chi connectivity index (χ2n) is 5.48. The van der Waals surface area contributed by atoms with E-state index >= 15 is 0 Å². The fourth-order valence-electron chi connectivity index (χ4n) is 1.17. The van der Waals surface area contributed by atoms with Gasteiger partial charge >= 0.3 is 0 Å². The molecule has 1 unspecified atom stereocenters. The number of aromatic amines is 1. The minimum atomic E-state index is -0.230. The number of hydrogen-bond acceptors (Lipinski definition) is 3. The van der Waals surface area contributed by atoms with Crippen molar-refractivity contribution in [3.63, 3.8) is 0 Å². The number of hydrogen-bond donors (Lipinski definition) is 2. The molecule has 1 heterocycles. The third-order valence-electron chi connectivity index (χ3n) is 2.32. The average Bonchev–Trinajstić information content (AvgIpc) is 2.26. The van der Waals surface area contributed by atoms with Gasteiger partial charge in [-0.05, 0) is 36.8 Å². The van der Waals surface area contributed by atoms with Crippen LogP contribution in [0.2, 0.25) is 0 Å². The van der Waals surface area contributed by atoms with Crippen molar-refractivity contribution in [3.05, 3.63) is 22.0 Å². The van der Waals surface area contributed by atoms with Crippen molar-refractivity contribution in [1.82, 2.24) is 4.98 Å². The first-order chi connectivity index (χ1) is 8.77. The Bertz CT molecular complexity index is 458. The maximum atomic E-state index is 11.5. The fourth-order valence-corrected chi connectivity index (χ4v) is 1.17. The first-order valence-electron chi connectivity index (χ1n) is 6.81. The van der Waals surface area contributed by atoms with Crippen LogP contribution in [-0.2, 0) is 0 Å². The quantitative estimate of drug-likeness (QED) is 0.818. The molecule has 4 nitrogen and oxygen atoms in total. The molecule has 0 amide bonds. The van der Waals surface area contributed by atoms with Gasteiger partial charge in [-0.15, -0.1) is 0 Å². The molecule has 0 aliphatic heterocycles. The van der Waals surface area contributed by atoms with Crippen molar-refractivity contribution < 1.29 is 0 Å². The summed E-state index contributed by atoms with van der Waals surface area (Å²) < 4.78 is 0. The molecule has 19 heavy (non-hydrogen) atoms. The number of H-pyrrole nitrogens is 1. The van der Waals surface area contributed by atoms with Crippen LogP contribution in [0, 0.1) is 18.8 Å². The van der Waals surface area contributed by atoms with E-state index in [0.29, 0.717) is 17.4 Å². The number of aliphatic imine (C=N–C) groups is 1. The fraction of sp³-hybridized carbons (Fsp3) is 0.600. The Balaban J connectivity index is 0.000000711. The first-order valence-corrected chi connectivity index (χ1v) is 6.81. The maximum absolute atomic E-state index is 11.5. The molecule has 1 rings (SSSR count). The Morgan fingerprint density at radius 3 is 2.32 bits per heavy atom. The van der Waals surface area contributed by atoms with Crippen molar-refractivity contribution >= 4 is 17.7 Å². The normalized spacial score (nSPS) is 12.4. The van der Waals surface area contributed by atoms with Crippen molar-refractivity contribution in [1.29, 1.82) is 0 Å². The van der Waals surface area contributed by atoms with Crippen LogP contribution in [-0.4, -0.2) is 11.2 Å². The number of rotatable bonds is 3. The predicted molar refractivity (Wildman–Crippen MR) is 84.3 cm³/mol. The van der Waals surface area contributed by atoms with Gasteiger partial charge in [0.25, 0.3) is 5.56 Å². The Hall–Kier alpha value is -1.58. The van der Waals surface area contributed by atoms with Crippen LogP contribution in [0.5, 0.6) is 0 Å². The van der Waals surface area contributed by atoms with Gasteiger partial charge in [-0.1, -0.05) is 34.6 Å². The van der Waals surface area contributed by atoms with Gasteiger partial charge in [0.1, 0.15) is 11.5 Å². The van der Waals surface area contributed by atoms with E-state index < -0.39 is 0 Å². The molecule has 0 aliphatic rings. The number of aromatic nitrogens is 1. The minimum Gasteiger partial charge on any atom is -0.385 e. The van der Waals surface area contributed by atoms with Crippen LogP contribution in [0.3, 0.4) is 0 Å². The van der Waals surface area contributed by atoms with E-state index in [4.69, 9.17) is 5.73 Å². The number of anilines is 1. The minimum absolute atomic E-state index is 0.230. The molecule has 108 valence electrons. The number of nitrogens with one attached hydrogen (secondary N) is 1. The third-order valence-corrected chi connectivity index (χ3v) is 2.32. The van der Waals surface area contributed by atoms with Gasteiger partial charge in [-0.2, -0.15) is 0 Å². The van der Waals surface area contributed by atoms with E-state index in [1.165, 1.54) is 0 Å². The number of aryl methyl sites for hydroxylation is 1. The molecule has 4 heteroatoms. The zero-order valence-corrected chi connectivity index (χ0v) is 12.9. The lowest BCUT2D eigenvalue weighted by Gasteiger charge is -2.02. The SMILES string of the molecule is CC(C)C.CCC(C)C=Nc1c(C)cc(N)[nH]c1=O. The molecule has 1 aromatic rings.